The average Bonchev–Trinajstić information content (AvgIpc) is 3.15. The number of rotatable bonds is 8. The van der Waals surface area contributed by atoms with Crippen molar-refractivity contribution in [3.05, 3.63) is 93.7 Å². The van der Waals surface area contributed by atoms with Crippen molar-refractivity contribution in [1.29, 1.82) is 5.26 Å². The zero-order chi connectivity index (χ0) is 21.6. The van der Waals surface area contributed by atoms with Gasteiger partial charge in [-0.2, -0.15) is 5.26 Å². The van der Waals surface area contributed by atoms with Gasteiger partial charge in [-0.3, -0.25) is 4.79 Å². The molecule has 0 fully saturated rings. The van der Waals surface area contributed by atoms with Crippen LogP contribution in [-0.2, 0) is 19.6 Å². The third-order valence-electron chi connectivity index (χ3n) is 5.29. The summed E-state index contributed by atoms with van der Waals surface area (Å²) < 4.78 is 7.88. The number of unbranched alkanes of at least 4 members (excludes halogenated alkanes) is 1. The van der Waals surface area contributed by atoms with Gasteiger partial charge in [0.25, 0.3) is 5.56 Å². The second-order valence-electron chi connectivity index (χ2n) is 7.46. The van der Waals surface area contributed by atoms with Gasteiger partial charge in [0.2, 0.25) is 0 Å². The molecule has 0 amide bonds. The van der Waals surface area contributed by atoms with Crippen LogP contribution in [0.5, 0.6) is 5.75 Å². The molecular formula is C25H24N4O2. The minimum atomic E-state index is -0.121. The Morgan fingerprint density at radius 3 is 2.71 bits per heavy atom. The Morgan fingerprint density at radius 1 is 1.13 bits per heavy atom. The van der Waals surface area contributed by atoms with E-state index in [0.717, 1.165) is 47.5 Å². The van der Waals surface area contributed by atoms with Gasteiger partial charge in [-0.15, -0.1) is 0 Å². The number of nitrogens with zero attached hydrogens (tertiary/aromatic N) is 3. The standard InChI is InChI=1S/C25H24N4O2/c1-2-3-8-23-28-22-13-14-27-25(30)24(22)29(23)16-18-9-11-21(12-10-18)31-17-20-7-5-4-6-19(20)15-26/h4-7,9-14H,2-3,8,16-17H2,1H3,(H,27,30). The first-order chi connectivity index (χ1) is 15.2. The van der Waals surface area contributed by atoms with Gasteiger partial charge in [0.05, 0.1) is 17.1 Å². The summed E-state index contributed by atoms with van der Waals surface area (Å²) in [6, 6.07) is 19.3. The lowest BCUT2D eigenvalue weighted by atomic mass is 10.1. The number of aromatic amines is 1. The quantitative estimate of drug-likeness (QED) is 0.460. The third kappa shape index (κ3) is 4.51. The van der Waals surface area contributed by atoms with E-state index in [-0.39, 0.29) is 5.56 Å². The highest BCUT2D eigenvalue weighted by molar-refractivity contribution is 5.74. The molecule has 31 heavy (non-hydrogen) atoms. The van der Waals surface area contributed by atoms with Gasteiger partial charge in [-0.1, -0.05) is 43.7 Å². The molecule has 0 spiro atoms. The fourth-order valence-electron chi connectivity index (χ4n) is 3.63. The van der Waals surface area contributed by atoms with Crippen molar-refractivity contribution in [1.82, 2.24) is 14.5 Å². The first-order valence-corrected chi connectivity index (χ1v) is 10.5. The van der Waals surface area contributed by atoms with Gasteiger partial charge in [0, 0.05) is 24.7 Å². The predicted molar refractivity (Wildman–Crippen MR) is 120 cm³/mol. The fraction of sp³-hybridized carbons (Fsp3) is 0.240. The third-order valence-corrected chi connectivity index (χ3v) is 5.29. The van der Waals surface area contributed by atoms with E-state index in [1.807, 2.05) is 53.1 Å². The number of nitriles is 1. The van der Waals surface area contributed by atoms with Gasteiger partial charge >= 0.3 is 0 Å². The largest absolute Gasteiger partial charge is 0.489 e. The molecule has 2 heterocycles. The number of pyridine rings is 1. The summed E-state index contributed by atoms with van der Waals surface area (Å²) in [6.07, 6.45) is 4.57. The molecule has 0 saturated carbocycles. The topological polar surface area (TPSA) is 83.7 Å². The number of imidazole rings is 1. The summed E-state index contributed by atoms with van der Waals surface area (Å²) >= 11 is 0. The SMILES string of the molecule is CCCCc1nc2cc[nH]c(=O)c2n1Cc1ccc(OCc2ccccc2C#N)cc1. The van der Waals surface area contributed by atoms with Crippen LogP contribution in [0, 0.1) is 11.3 Å². The zero-order valence-electron chi connectivity index (χ0n) is 17.5. The number of nitrogens with one attached hydrogen (secondary N) is 1. The summed E-state index contributed by atoms with van der Waals surface area (Å²) in [6.45, 7) is 3.06. The Hall–Kier alpha value is -3.85. The number of benzene rings is 2. The van der Waals surface area contributed by atoms with Crippen molar-refractivity contribution >= 4 is 11.0 Å². The molecule has 4 rings (SSSR count). The smallest absolute Gasteiger partial charge is 0.274 e. The molecular weight excluding hydrogens is 388 g/mol. The summed E-state index contributed by atoms with van der Waals surface area (Å²) in [5, 5.41) is 9.21. The summed E-state index contributed by atoms with van der Waals surface area (Å²) in [7, 11) is 0. The van der Waals surface area contributed by atoms with Crippen molar-refractivity contribution in [3.63, 3.8) is 0 Å². The Balaban J connectivity index is 1.53. The van der Waals surface area contributed by atoms with Gasteiger partial charge in [0.1, 0.15) is 23.7 Å². The number of aryl methyl sites for hydroxylation is 1. The molecule has 0 aliphatic carbocycles. The number of aromatic nitrogens is 3. The van der Waals surface area contributed by atoms with E-state index in [9.17, 15) is 10.1 Å². The molecule has 0 unspecified atom stereocenters. The maximum atomic E-state index is 12.4. The second-order valence-corrected chi connectivity index (χ2v) is 7.46. The first-order valence-electron chi connectivity index (χ1n) is 10.5. The van der Waals surface area contributed by atoms with Crippen LogP contribution in [0.2, 0.25) is 0 Å². The molecule has 0 saturated heterocycles. The van der Waals surface area contributed by atoms with Crippen LogP contribution >= 0.6 is 0 Å². The summed E-state index contributed by atoms with van der Waals surface area (Å²) in [5.74, 6) is 1.66. The Labute approximate surface area is 180 Å². The average molecular weight is 412 g/mol. The van der Waals surface area contributed by atoms with E-state index in [1.165, 1.54) is 0 Å². The lowest BCUT2D eigenvalue weighted by Gasteiger charge is -2.11. The Kier molecular flexibility index (Phi) is 6.13. The fourth-order valence-corrected chi connectivity index (χ4v) is 3.63. The van der Waals surface area contributed by atoms with Crippen molar-refractivity contribution < 1.29 is 4.74 Å². The lowest BCUT2D eigenvalue weighted by molar-refractivity contribution is 0.306. The van der Waals surface area contributed by atoms with Crippen LogP contribution in [-0.4, -0.2) is 14.5 Å². The molecule has 6 nitrogen and oxygen atoms in total. The molecule has 0 aliphatic heterocycles. The minimum Gasteiger partial charge on any atom is -0.489 e. The molecule has 0 atom stereocenters. The van der Waals surface area contributed by atoms with Crippen LogP contribution in [0.15, 0.2) is 65.6 Å². The molecule has 0 radical (unpaired) electrons. The van der Waals surface area contributed by atoms with Crippen LogP contribution in [0.3, 0.4) is 0 Å². The van der Waals surface area contributed by atoms with E-state index < -0.39 is 0 Å². The zero-order valence-corrected chi connectivity index (χ0v) is 17.5. The van der Waals surface area contributed by atoms with E-state index in [2.05, 4.69) is 18.0 Å². The van der Waals surface area contributed by atoms with Gasteiger partial charge in [-0.05, 0) is 36.2 Å². The van der Waals surface area contributed by atoms with Crippen molar-refractivity contribution in [3.8, 4) is 11.8 Å². The van der Waals surface area contributed by atoms with E-state index in [0.29, 0.717) is 24.2 Å². The number of hydrogen-bond donors (Lipinski definition) is 1. The van der Waals surface area contributed by atoms with Gasteiger partial charge < -0.3 is 14.3 Å². The first kappa shape index (κ1) is 20.4. The molecule has 6 heteroatoms. The maximum Gasteiger partial charge on any atom is 0.274 e. The van der Waals surface area contributed by atoms with Crippen LogP contribution in [0.4, 0.5) is 0 Å². The number of H-pyrrole nitrogens is 1. The lowest BCUT2D eigenvalue weighted by Crippen LogP contribution is -2.13. The molecule has 4 aromatic rings. The number of hydrogen-bond acceptors (Lipinski definition) is 4. The van der Waals surface area contributed by atoms with E-state index in [4.69, 9.17) is 9.72 Å². The van der Waals surface area contributed by atoms with E-state index >= 15 is 0 Å². The van der Waals surface area contributed by atoms with E-state index in [1.54, 1.807) is 12.3 Å². The van der Waals surface area contributed by atoms with Gasteiger partial charge in [0.15, 0.2) is 0 Å². The van der Waals surface area contributed by atoms with Crippen molar-refractivity contribution in [2.24, 2.45) is 0 Å². The molecule has 0 bridgehead atoms. The van der Waals surface area contributed by atoms with Gasteiger partial charge in [-0.25, -0.2) is 4.98 Å². The summed E-state index contributed by atoms with van der Waals surface area (Å²) in [4.78, 5) is 19.9. The highest BCUT2D eigenvalue weighted by Crippen LogP contribution is 2.20. The predicted octanol–water partition coefficient (Wildman–Crippen LogP) is 4.57. The number of ether oxygens (including phenoxy) is 1. The molecule has 1 N–H and O–H groups in total. The van der Waals surface area contributed by atoms with Crippen LogP contribution < -0.4 is 10.3 Å². The molecule has 2 aromatic carbocycles. The monoisotopic (exact) mass is 412 g/mol. The highest BCUT2D eigenvalue weighted by atomic mass is 16.5. The number of fused-ring (bicyclic) bond motifs is 1. The summed E-state index contributed by atoms with van der Waals surface area (Å²) in [5.41, 5.74) is 3.76. The minimum absolute atomic E-state index is 0.121. The maximum absolute atomic E-state index is 12.4. The van der Waals surface area contributed by atoms with Crippen molar-refractivity contribution in [2.75, 3.05) is 0 Å². The second kappa shape index (κ2) is 9.31. The highest BCUT2D eigenvalue weighted by Gasteiger charge is 2.14. The Bertz CT molecular complexity index is 1280. The van der Waals surface area contributed by atoms with Crippen LogP contribution in [0.1, 0.15) is 42.3 Å². The molecule has 0 aliphatic rings. The van der Waals surface area contributed by atoms with Crippen LogP contribution in [0.25, 0.3) is 11.0 Å². The normalized spacial score (nSPS) is 10.8. The molecule has 156 valence electrons. The Morgan fingerprint density at radius 2 is 1.94 bits per heavy atom. The van der Waals surface area contributed by atoms with Crippen molar-refractivity contribution in [2.45, 2.75) is 39.3 Å². The molecule has 2 aromatic heterocycles.